The highest BCUT2D eigenvalue weighted by Crippen LogP contribution is 2.38. The van der Waals surface area contributed by atoms with Crippen molar-refractivity contribution < 1.29 is 0 Å². The third-order valence-electron chi connectivity index (χ3n) is 4.51. The first kappa shape index (κ1) is 14.3. The first-order valence-corrected chi connectivity index (χ1v) is 8.34. The van der Waals surface area contributed by atoms with Crippen LogP contribution in [0.25, 0.3) is 0 Å². The highest BCUT2D eigenvalue weighted by atomic mass is 35.5. The SMILES string of the molecule is CCC1(CC)CCN(Cc2nc(CCl)cs2)CC1. The van der Waals surface area contributed by atoms with Gasteiger partial charge in [0.25, 0.3) is 0 Å². The molecule has 18 heavy (non-hydrogen) atoms. The normalized spacial score (nSPS) is 20.2. The highest BCUT2D eigenvalue weighted by molar-refractivity contribution is 7.09. The molecule has 1 saturated heterocycles. The monoisotopic (exact) mass is 286 g/mol. The molecule has 102 valence electrons. The van der Waals surface area contributed by atoms with Crippen LogP contribution in [0.15, 0.2) is 5.38 Å². The zero-order chi connectivity index (χ0) is 13.0. The van der Waals surface area contributed by atoms with Crippen LogP contribution in [0, 0.1) is 5.41 Å². The molecule has 0 radical (unpaired) electrons. The molecule has 0 saturated carbocycles. The molecule has 0 bridgehead atoms. The molecule has 1 aromatic rings. The van der Waals surface area contributed by atoms with E-state index in [1.165, 1.54) is 43.8 Å². The number of thiazole rings is 1. The van der Waals surface area contributed by atoms with Crippen LogP contribution >= 0.6 is 22.9 Å². The first-order chi connectivity index (χ1) is 8.71. The fourth-order valence-corrected chi connectivity index (χ4v) is 3.88. The van der Waals surface area contributed by atoms with Crippen molar-refractivity contribution in [3.8, 4) is 0 Å². The van der Waals surface area contributed by atoms with Gasteiger partial charge in [0, 0.05) is 5.38 Å². The molecule has 2 heterocycles. The first-order valence-electron chi connectivity index (χ1n) is 6.93. The molecule has 0 atom stereocenters. The molecular formula is C14H23ClN2S. The molecule has 0 spiro atoms. The molecule has 4 heteroatoms. The quantitative estimate of drug-likeness (QED) is 0.751. The Morgan fingerprint density at radius 3 is 2.50 bits per heavy atom. The Morgan fingerprint density at radius 2 is 2.00 bits per heavy atom. The summed E-state index contributed by atoms with van der Waals surface area (Å²) in [5, 5.41) is 3.29. The number of hydrogen-bond acceptors (Lipinski definition) is 3. The minimum absolute atomic E-state index is 0.533. The van der Waals surface area contributed by atoms with Gasteiger partial charge in [0.1, 0.15) is 5.01 Å². The van der Waals surface area contributed by atoms with Crippen molar-refractivity contribution in [3.63, 3.8) is 0 Å². The minimum Gasteiger partial charge on any atom is -0.297 e. The lowest BCUT2D eigenvalue weighted by atomic mass is 9.74. The second-order valence-electron chi connectivity index (χ2n) is 5.35. The largest absolute Gasteiger partial charge is 0.297 e. The maximum Gasteiger partial charge on any atom is 0.107 e. The second-order valence-corrected chi connectivity index (χ2v) is 6.56. The molecule has 1 fully saturated rings. The van der Waals surface area contributed by atoms with E-state index in [0.717, 1.165) is 12.2 Å². The van der Waals surface area contributed by atoms with Crippen LogP contribution in [0.4, 0.5) is 0 Å². The van der Waals surface area contributed by atoms with Crippen molar-refractivity contribution in [1.82, 2.24) is 9.88 Å². The van der Waals surface area contributed by atoms with Crippen molar-refractivity contribution in [3.05, 3.63) is 16.1 Å². The van der Waals surface area contributed by atoms with Gasteiger partial charge in [-0.15, -0.1) is 22.9 Å². The summed E-state index contributed by atoms with van der Waals surface area (Å²) >= 11 is 7.53. The van der Waals surface area contributed by atoms with Crippen LogP contribution in [0.2, 0.25) is 0 Å². The molecule has 0 aromatic carbocycles. The van der Waals surface area contributed by atoms with Gasteiger partial charge in [0.05, 0.1) is 18.1 Å². The Labute approximate surface area is 119 Å². The van der Waals surface area contributed by atoms with Gasteiger partial charge in [-0.05, 0) is 31.3 Å². The fraction of sp³-hybridized carbons (Fsp3) is 0.786. The molecule has 2 nitrogen and oxygen atoms in total. The summed E-state index contributed by atoms with van der Waals surface area (Å²) in [6, 6.07) is 0. The zero-order valence-corrected chi connectivity index (χ0v) is 13.0. The minimum atomic E-state index is 0.533. The lowest BCUT2D eigenvalue weighted by Crippen LogP contribution is -2.39. The molecular weight excluding hydrogens is 264 g/mol. The Morgan fingerprint density at radius 1 is 1.33 bits per heavy atom. The van der Waals surface area contributed by atoms with Gasteiger partial charge in [-0.2, -0.15) is 0 Å². The van der Waals surface area contributed by atoms with E-state index in [1.54, 1.807) is 11.3 Å². The van der Waals surface area contributed by atoms with Crippen molar-refractivity contribution in [2.75, 3.05) is 13.1 Å². The molecule has 0 unspecified atom stereocenters. The zero-order valence-electron chi connectivity index (χ0n) is 11.4. The van der Waals surface area contributed by atoms with E-state index in [-0.39, 0.29) is 0 Å². The number of aromatic nitrogens is 1. The van der Waals surface area contributed by atoms with Crippen molar-refractivity contribution in [2.45, 2.75) is 52.0 Å². The maximum atomic E-state index is 5.79. The van der Waals surface area contributed by atoms with Gasteiger partial charge in [0.2, 0.25) is 0 Å². The van der Waals surface area contributed by atoms with Gasteiger partial charge in [-0.3, -0.25) is 4.90 Å². The van der Waals surface area contributed by atoms with Gasteiger partial charge < -0.3 is 0 Å². The summed E-state index contributed by atoms with van der Waals surface area (Å²) in [6.07, 6.45) is 5.33. The predicted octanol–water partition coefficient (Wildman–Crippen LogP) is 4.28. The molecule has 1 aromatic heterocycles. The van der Waals surface area contributed by atoms with Gasteiger partial charge in [0.15, 0.2) is 0 Å². The van der Waals surface area contributed by atoms with Crippen LogP contribution in [0.1, 0.15) is 50.2 Å². The predicted molar refractivity (Wildman–Crippen MR) is 79.2 cm³/mol. The summed E-state index contributed by atoms with van der Waals surface area (Å²) in [5.41, 5.74) is 1.63. The van der Waals surface area contributed by atoms with E-state index in [0.29, 0.717) is 11.3 Å². The van der Waals surface area contributed by atoms with Crippen LogP contribution < -0.4 is 0 Å². The number of alkyl halides is 1. The number of halogens is 1. The lowest BCUT2D eigenvalue weighted by molar-refractivity contribution is 0.0908. The average molecular weight is 287 g/mol. The van der Waals surface area contributed by atoms with E-state index < -0.39 is 0 Å². The van der Waals surface area contributed by atoms with E-state index in [9.17, 15) is 0 Å². The number of rotatable bonds is 5. The molecule has 1 aliphatic rings. The van der Waals surface area contributed by atoms with Crippen LogP contribution in [-0.4, -0.2) is 23.0 Å². The van der Waals surface area contributed by atoms with Crippen LogP contribution in [0.3, 0.4) is 0 Å². The second kappa shape index (κ2) is 6.36. The van der Waals surface area contributed by atoms with E-state index in [4.69, 9.17) is 11.6 Å². The standard InChI is InChI=1S/C14H23ClN2S/c1-3-14(4-2)5-7-17(8-6-14)10-13-16-12(9-15)11-18-13/h11H,3-10H2,1-2H3. The van der Waals surface area contributed by atoms with Crippen molar-refractivity contribution in [1.29, 1.82) is 0 Å². The molecule has 2 rings (SSSR count). The molecule has 0 aliphatic carbocycles. The number of piperidine rings is 1. The summed E-state index contributed by atoms with van der Waals surface area (Å²) in [5.74, 6) is 0.533. The Balaban J connectivity index is 1.86. The maximum absolute atomic E-state index is 5.79. The molecule has 1 aliphatic heterocycles. The number of nitrogens with zero attached hydrogens (tertiary/aromatic N) is 2. The average Bonchev–Trinajstić information content (AvgIpc) is 2.88. The molecule has 0 N–H and O–H groups in total. The summed E-state index contributed by atoms with van der Waals surface area (Å²) in [7, 11) is 0. The van der Waals surface area contributed by atoms with Gasteiger partial charge in [-0.1, -0.05) is 26.7 Å². The van der Waals surface area contributed by atoms with Crippen LogP contribution in [-0.2, 0) is 12.4 Å². The summed E-state index contributed by atoms with van der Waals surface area (Å²) in [6.45, 7) is 8.12. The van der Waals surface area contributed by atoms with Gasteiger partial charge >= 0.3 is 0 Å². The Kier molecular flexibility index (Phi) is 5.05. The number of hydrogen-bond donors (Lipinski definition) is 0. The number of likely N-dealkylation sites (tertiary alicyclic amines) is 1. The Hall–Kier alpha value is -0.120. The third-order valence-corrected chi connectivity index (χ3v) is 5.67. The van der Waals surface area contributed by atoms with E-state index in [2.05, 4.69) is 29.1 Å². The van der Waals surface area contributed by atoms with E-state index >= 15 is 0 Å². The summed E-state index contributed by atoms with van der Waals surface area (Å²) in [4.78, 5) is 7.09. The smallest absolute Gasteiger partial charge is 0.107 e. The van der Waals surface area contributed by atoms with Crippen molar-refractivity contribution >= 4 is 22.9 Å². The van der Waals surface area contributed by atoms with Gasteiger partial charge in [-0.25, -0.2) is 4.98 Å². The lowest BCUT2D eigenvalue weighted by Gasteiger charge is -2.40. The topological polar surface area (TPSA) is 16.1 Å². The van der Waals surface area contributed by atoms with Crippen LogP contribution in [0.5, 0.6) is 0 Å². The van der Waals surface area contributed by atoms with Crippen molar-refractivity contribution in [2.24, 2.45) is 5.41 Å². The fourth-order valence-electron chi connectivity index (χ4n) is 2.82. The van der Waals surface area contributed by atoms with E-state index in [1.807, 2.05) is 0 Å². The summed E-state index contributed by atoms with van der Waals surface area (Å²) < 4.78 is 0. The third kappa shape index (κ3) is 3.25. The molecule has 0 amide bonds. The highest BCUT2D eigenvalue weighted by Gasteiger charge is 2.31. The Bertz CT molecular complexity index is 364.